The summed E-state index contributed by atoms with van der Waals surface area (Å²) in [6, 6.07) is 12.6. The van der Waals surface area contributed by atoms with Gasteiger partial charge in [0.05, 0.1) is 6.07 Å². The first-order valence-electron chi connectivity index (χ1n) is 6.01. The second-order valence-electron chi connectivity index (χ2n) is 3.93. The van der Waals surface area contributed by atoms with Crippen LogP contribution in [0.3, 0.4) is 0 Å². The van der Waals surface area contributed by atoms with Crippen LogP contribution in [0.2, 0.25) is 0 Å². The quantitative estimate of drug-likeness (QED) is 0.657. The van der Waals surface area contributed by atoms with E-state index >= 15 is 0 Å². The molecule has 84 valence electrons. The molecule has 0 N–H and O–H groups in total. The lowest BCUT2D eigenvalue weighted by Gasteiger charge is -2.09. The molecule has 0 radical (unpaired) electrons. The van der Waals surface area contributed by atoms with Gasteiger partial charge in [-0.1, -0.05) is 57.0 Å². The topological polar surface area (TPSA) is 23.8 Å². The molecule has 0 saturated carbocycles. The van der Waals surface area contributed by atoms with Crippen molar-refractivity contribution >= 4 is 5.57 Å². The van der Waals surface area contributed by atoms with E-state index in [2.05, 4.69) is 32.0 Å². The van der Waals surface area contributed by atoms with Crippen LogP contribution in [0.4, 0.5) is 0 Å². The van der Waals surface area contributed by atoms with Crippen LogP contribution in [-0.2, 0) is 0 Å². The van der Waals surface area contributed by atoms with Gasteiger partial charge >= 0.3 is 0 Å². The number of nitrogens with zero attached hydrogens (tertiary/aromatic N) is 1. The highest BCUT2D eigenvalue weighted by Crippen LogP contribution is 2.25. The Labute approximate surface area is 98.4 Å². The molecule has 0 fully saturated rings. The Morgan fingerprint density at radius 1 is 1.06 bits per heavy atom. The highest BCUT2D eigenvalue weighted by Gasteiger charge is 2.07. The van der Waals surface area contributed by atoms with E-state index in [1.54, 1.807) is 0 Å². The molecular formula is C15H19N. The molecule has 0 unspecified atom stereocenters. The van der Waals surface area contributed by atoms with Crippen molar-refractivity contribution in [3.8, 4) is 6.07 Å². The maximum Gasteiger partial charge on any atom is 0.0950 e. The predicted octanol–water partition coefficient (Wildman–Crippen LogP) is 4.56. The van der Waals surface area contributed by atoms with Crippen molar-refractivity contribution in [1.29, 1.82) is 5.26 Å². The van der Waals surface area contributed by atoms with Crippen LogP contribution >= 0.6 is 0 Å². The van der Waals surface area contributed by atoms with Crippen LogP contribution in [0.15, 0.2) is 35.9 Å². The van der Waals surface area contributed by atoms with Crippen LogP contribution in [0, 0.1) is 11.3 Å². The van der Waals surface area contributed by atoms with Gasteiger partial charge in [0.2, 0.25) is 0 Å². The van der Waals surface area contributed by atoms with Gasteiger partial charge in [-0.2, -0.15) is 5.26 Å². The lowest BCUT2D eigenvalue weighted by molar-refractivity contribution is 0.908. The molecule has 0 heterocycles. The van der Waals surface area contributed by atoms with Crippen LogP contribution in [-0.4, -0.2) is 0 Å². The summed E-state index contributed by atoms with van der Waals surface area (Å²) in [5.74, 6) is 0. The third-order valence-corrected chi connectivity index (χ3v) is 2.62. The second-order valence-corrected chi connectivity index (χ2v) is 3.93. The summed E-state index contributed by atoms with van der Waals surface area (Å²) in [5, 5.41) is 9.21. The minimum absolute atomic E-state index is 0.890. The van der Waals surface area contributed by atoms with Gasteiger partial charge in [-0.25, -0.2) is 0 Å². The summed E-state index contributed by atoms with van der Waals surface area (Å²) < 4.78 is 0. The molecule has 0 aliphatic heterocycles. The van der Waals surface area contributed by atoms with E-state index in [0.29, 0.717) is 0 Å². The molecule has 0 bridgehead atoms. The molecule has 16 heavy (non-hydrogen) atoms. The van der Waals surface area contributed by atoms with E-state index in [1.807, 2.05) is 18.2 Å². The summed E-state index contributed by atoms with van der Waals surface area (Å²) >= 11 is 0. The van der Waals surface area contributed by atoms with E-state index in [4.69, 9.17) is 0 Å². The first-order valence-corrected chi connectivity index (χ1v) is 6.01. The van der Waals surface area contributed by atoms with Crippen molar-refractivity contribution in [3.63, 3.8) is 0 Å². The number of nitriles is 1. The molecule has 0 saturated heterocycles. The van der Waals surface area contributed by atoms with E-state index < -0.39 is 0 Å². The molecule has 0 aliphatic rings. The Kier molecular flexibility index (Phi) is 5.36. The highest BCUT2D eigenvalue weighted by molar-refractivity contribution is 5.71. The molecule has 0 aliphatic carbocycles. The molecule has 1 nitrogen and oxygen atoms in total. The molecule has 0 aromatic heterocycles. The second kappa shape index (κ2) is 6.85. The summed E-state index contributed by atoms with van der Waals surface area (Å²) in [4.78, 5) is 0. The normalized spacial score (nSPS) is 11.8. The third kappa shape index (κ3) is 3.24. The number of allylic oxidation sites excluding steroid dienone is 2. The van der Waals surface area contributed by atoms with Crippen LogP contribution in [0.5, 0.6) is 0 Å². The number of hydrogen-bond donors (Lipinski definition) is 0. The van der Waals surface area contributed by atoms with E-state index in [0.717, 1.165) is 31.3 Å². The molecule has 1 aromatic rings. The first kappa shape index (κ1) is 12.5. The summed E-state index contributed by atoms with van der Waals surface area (Å²) in [7, 11) is 0. The lowest BCUT2D eigenvalue weighted by atomic mass is 9.94. The van der Waals surface area contributed by atoms with Gasteiger partial charge in [-0.05, 0) is 24.0 Å². The maximum absolute atomic E-state index is 9.21. The third-order valence-electron chi connectivity index (χ3n) is 2.62. The van der Waals surface area contributed by atoms with Gasteiger partial charge in [-0.3, -0.25) is 0 Å². The fourth-order valence-corrected chi connectivity index (χ4v) is 1.88. The largest absolute Gasteiger partial charge is 0.193 e. The minimum Gasteiger partial charge on any atom is -0.193 e. The van der Waals surface area contributed by atoms with Crippen molar-refractivity contribution in [3.05, 3.63) is 41.5 Å². The summed E-state index contributed by atoms with van der Waals surface area (Å²) in [5.41, 5.74) is 3.39. The lowest BCUT2D eigenvalue weighted by Crippen LogP contribution is -1.91. The molecule has 1 aromatic carbocycles. The standard InChI is InChI=1S/C15H19N/c1-3-8-14(12-16)15(9-4-2)13-10-6-5-7-11-13/h5-7,10-11H,3-4,8-9H2,1-2H3/b15-14-. The van der Waals surface area contributed by atoms with Crippen LogP contribution < -0.4 is 0 Å². The Hall–Kier alpha value is -1.55. The Bertz CT molecular complexity index is 382. The maximum atomic E-state index is 9.21. The zero-order valence-electron chi connectivity index (χ0n) is 10.2. The van der Waals surface area contributed by atoms with Gasteiger partial charge in [0.25, 0.3) is 0 Å². The van der Waals surface area contributed by atoms with Gasteiger partial charge < -0.3 is 0 Å². The molecule has 1 heteroatoms. The van der Waals surface area contributed by atoms with E-state index in [-0.39, 0.29) is 0 Å². The minimum atomic E-state index is 0.890. The monoisotopic (exact) mass is 213 g/mol. The Balaban J connectivity index is 3.12. The predicted molar refractivity (Wildman–Crippen MR) is 68.8 cm³/mol. The number of hydrogen-bond acceptors (Lipinski definition) is 1. The zero-order chi connectivity index (χ0) is 11.8. The Morgan fingerprint density at radius 3 is 2.19 bits per heavy atom. The van der Waals surface area contributed by atoms with Gasteiger partial charge in [-0.15, -0.1) is 0 Å². The SMILES string of the molecule is CCC/C(C#N)=C(\CCC)c1ccccc1. The van der Waals surface area contributed by atoms with Crippen molar-refractivity contribution < 1.29 is 0 Å². The van der Waals surface area contributed by atoms with Crippen LogP contribution in [0.1, 0.15) is 45.1 Å². The summed E-state index contributed by atoms with van der Waals surface area (Å²) in [6.45, 7) is 4.27. The van der Waals surface area contributed by atoms with Gasteiger partial charge in [0, 0.05) is 5.57 Å². The van der Waals surface area contributed by atoms with E-state index in [9.17, 15) is 5.26 Å². The average molecular weight is 213 g/mol. The van der Waals surface area contributed by atoms with Crippen molar-refractivity contribution in [2.75, 3.05) is 0 Å². The molecular weight excluding hydrogens is 194 g/mol. The number of rotatable bonds is 5. The molecule has 0 amide bonds. The average Bonchev–Trinajstić information content (AvgIpc) is 2.35. The molecule has 0 atom stereocenters. The Morgan fingerprint density at radius 2 is 1.69 bits per heavy atom. The van der Waals surface area contributed by atoms with E-state index in [1.165, 1.54) is 11.1 Å². The van der Waals surface area contributed by atoms with Gasteiger partial charge in [0.1, 0.15) is 0 Å². The number of benzene rings is 1. The van der Waals surface area contributed by atoms with Crippen LogP contribution in [0.25, 0.3) is 5.57 Å². The highest BCUT2D eigenvalue weighted by atomic mass is 14.3. The summed E-state index contributed by atoms with van der Waals surface area (Å²) in [6.07, 6.45) is 4.00. The van der Waals surface area contributed by atoms with Crippen molar-refractivity contribution in [2.45, 2.75) is 39.5 Å². The molecule has 1 rings (SSSR count). The van der Waals surface area contributed by atoms with Gasteiger partial charge in [0.15, 0.2) is 0 Å². The first-order chi connectivity index (χ1) is 7.83. The fourth-order valence-electron chi connectivity index (χ4n) is 1.88. The fraction of sp³-hybridized carbons (Fsp3) is 0.400. The van der Waals surface area contributed by atoms with Crippen molar-refractivity contribution in [1.82, 2.24) is 0 Å². The zero-order valence-corrected chi connectivity index (χ0v) is 10.2. The smallest absolute Gasteiger partial charge is 0.0950 e. The van der Waals surface area contributed by atoms with Crippen molar-refractivity contribution in [2.24, 2.45) is 0 Å². The molecule has 0 spiro atoms.